The first kappa shape index (κ1) is 10.4. The van der Waals surface area contributed by atoms with E-state index in [1.54, 1.807) is 0 Å². The zero-order valence-corrected chi connectivity index (χ0v) is 9.55. The second kappa shape index (κ2) is 3.21. The van der Waals surface area contributed by atoms with Gasteiger partial charge in [0, 0.05) is 0 Å². The van der Waals surface area contributed by atoms with Gasteiger partial charge in [-0.3, -0.25) is 0 Å². The number of ether oxygens (including phenoxy) is 1. The summed E-state index contributed by atoms with van der Waals surface area (Å²) < 4.78 is 5.85. The van der Waals surface area contributed by atoms with Gasteiger partial charge in [-0.15, -0.1) is 0 Å². The van der Waals surface area contributed by atoms with Crippen molar-refractivity contribution in [3.8, 4) is 0 Å². The molecule has 0 aromatic rings. The van der Waals surface area contributed by atoms with Crippen LogP contribution in [0.3, 0.4) is 0 Å². The summed E-state index contributed by atoms with van der Waals surface area (Å²) >= 11 is 0. The van der Waals surface area contributed by atoms with Crippen LogP contribution in [0.4, 0.5) is 0 Å². The minimum absolute atomic E-state index is 0.146. The van der Waals surface area contributed by atoms with E-state index in [0.717, 1.165) is 5.92 Å². The van der Waals surface area contributed by atoms with Gasteiger partial charge in [0.1, 0.15) is 0 Å². The third-order valence-electron chi connectivity index (χ3n) is 4.51. The first-order valence-corrected chi connectivity index (χ1v) is 5.73. The lowest BCUT2D eigenvalue weighted by atomic mass is 9.70. The van der Waals surface area contributed by atoms with Crippen LogP contribution < -0.4 is 0 Å². The molecule has 0 amide bonds. The highest BCUT2D eigenvalue weighted by atomic mass is 16.5. The van der Waals surface area contributed by atoms with Crippen LogP contribution in [-0.4, -0.2) is 24.4 Å². The summed E-state index contributed by atoms with van der Waals surface area (Å²) in [6, 6.07) is 0. The van der Waals surface area contributed by atoms with Crippen LogP contribution in [0.5, 0.6) is 0 Å². The van der Waals surface area contributed by atoms with Crippen molar-refractivity contribution in [2.24, 2.45) is 16.7 Å². The van der Waals surface area contributed by atoms with E-state index in [-0.39, 0.29) is 6.61 Å². The first-order chi connectivity index (χ1) is 6.50. The molecule has 0 heterocycles. The lowest BCUT2D eigenvalue weighted by Gasteiger charge is -2.42. The van der Waals surface area contributed by atoms with Gasteiger partial charge in [-0.05, 0) is 36.0 Å². The maximum absolute atomic E-state index is 8.83. The Morgan fingerprint density at radius 2 is 2.07 bits per heavy atom. The summed E-state index contributed by atoms with van der Waals surface area (Å²) in [5.74, 6) is 0.830. The fourth-order valence-electron chi connectivity index (χ4n) is 3.84. The molecule has 2 bridgehead atoms. The highest BCUT2D eigenvalue weighted by molar-refractivity contribution is 5.09. The highest BCUT2D eigenvalue weighted by Crippen LogP contribution is 2.63. The standard InChI is InChI=1S/C12H22O2/c1-11(2)9-4-5-12(3,8-9)10(11)14-7-6-13/h9-10,13H,4-8H2,1-3H3/t9-,10-,12+/m0/s1. The Balaban J connectivity index is 2.13. The van der Waals surface area contributed by atoms with Gasteiger partial charge in [-0.1, -0.05) is 20.8 Å². The number of hydrogen-bond acceptors (Lipinski definition) is 2. The van der Waals surface area contributed by atoms with Crippen LogP contribution in [0.15, 0.2) is 0 Å². The molecule has 0 radical (unpaired) electrons. The number of aliphatic hydroxyl groups is 1. The van der Waals surface area contributed by atoms with Crippen molar-refractivity contribution in [3.63, 3.8) is 0 Å². The van der Waals surface area contributed by atoms with Gasteiger partial charge in [-0.25, -0.2) is 0 Å². The average Bonchev–Trinajstić information content (AvgIpc) is 2.55. The van der Waals surface area contributed by atoms with Gasteiger partial charge in [0.2, 0.25) is 0 Å². The summed E-state index contributed by atoms with van der Waals surface area (Å²) in [7, 11) is 0. The Labute approximate surface area is 86.6 Å². The van der Waals surface area contributed by atoms with Crippen molar-refractivity contribution in [2.75, 3.05) is 13.2 Å². The van der Waals surface area contributed by atoms with Crippen molar-refractivity contribution in [1.29, 1.82) is 0 Å². The van der Waals surface area contributed by atoms with Gasteiger partial charge >= 0.3 is 0 Å². The van der Waals surface area contributed by atoms with E-state index in [9.17, 15) is 0 Å². The summed E-state index contributed by atoms with van der Waals surface area (Å²) in [5.41, 5.74) is 0.686. The summed E-state index contributed by atoms with van der Waals surface area (Å²) in [5, 5.41) is 8.83. The number of hydrogen-bond donors (Lipinski definition) is 1. The highest BCUT2D eigenvalue weighted by Gasteiger charge is 2.59. The third kappa shape index (κ3) is 1.31. The van der Waals surface area contributed by atoms with E-state index < -0.39 is 0 Å². The largest absolute Gasteiger partial charge is 0.394 e. The van der Waals surface area contributed by atoms with Gasteiger partial charge in [0.25, 0.3) is 0 Å². The van der Waals surface area contributed by atoms with Crippen molar-refractivity contribution in [3.05, 3.63) is 0 Å². The van der Waals surface area contributed by atoms with E-state index in [0.29, 0.717) is 23.5 Å². The Kier molecular flexibility index (Phi) is 2.39. The fraction of sp³-hybridized carbons (Fsp3) is 1.00. The predicted molar refractivity (Wildman–Crippen MR) is 56.1 cm³/mol. The molecule has 0 spiro atoms. The van der Waals surface area contributed by atoms with Crippen LogP contribution in [0.2, 0.25) is 0 Å². The molecule has 82 valence electrons. The fourth-order valence-corrected chi connectivity index (χ4v) is 3.84. The molecule has 0 aromatic carbocycles. The molecule has 3 atom stereocenters. The zero-order valence-electron chi connectivity index (χ0n) is 9.55. The van der Waals surface area contributed by atoms with Crippen LogP contribution in [0.1, 0.15) is 40.0 Å². The molecule has 2 rings (SSSR count). The SMILES string of the molecule is CC1(C)[C@H]2CC[C@](C)(C2)[C@H]1OCCO. The van der Waals surface area contributed by atoms with Crippen molar-refractivity contribution >= 4 is 0 Å². The molecule has 2 aliphatic carbocycles. The molecule has 0 aromatic heterocycles. The third-order valence-corrected chi connectivity index (χ3v) is 4.51. The summed E-state index contributed by atoms with van der Waals surface area (Å²) in [4.78, 5) is 0. The normalized spacial score (nSPS) is 44.6. The quantitative estimate of drug-likeness (QED) is 0.753. The van der Waals surface area contributed by atoms with Gasteiger partial charge < -0.3 is 9.84 Å². The van der Waals surface area contributed by atoms with Crippen LogP contribution in [-0.2, 0) is 4.74 Å². The van der Waals surface area contributed by atoms with Crippen molar-refractivity contribution in [2.45, 2.75) is 46.1 Å². The Hall–Kier alpha value is -0.0800. The van der Waals surface area contributed by atoms with E-state index in [1.807, 2.05) is 0 Å². The molecule has 14 heavy (non-hydrogen) atoms. The second-order valence-corrected chi connectivity index (χ2v) is 5.89. The molecule has 2 fully saturated rings. The molecular weight excluding hydrogens is 176 g/mol. The predicted octanol–water partition coefficient (Wildman–Crippen LogP) is 2.21. The number of aliphatic hydroxyl groups excluding tert-OH is 1. The van der Waals surface area contributed by atoms with Crippen molar-refractivity contribution in [1.82, 2.24) is 0 Å². The van der Waals surface area contributed by atoms with Crippen LogP contribution in [0, 0.1) is 16.7 Å². The average molecular weight is 198 g/mol. The molecule has 0 unspecified atom stereocenters. The molecule has 2 aliphatic rings. The van der Waals surface area contributed by atoms with Gasteiger partial charge in [0.05, 0.1) is 19.3 Å². The number of fused-ring (bicyclic) bond motifs is 2. The smallest absolute Gasteiger partial charge is 0.0702 e. The molecule has 1 N–H and O–H groups in total. The maximum atomic E-state index is 8.83. The minimum atomic E-state index is 0.146. The molecule has 2 heteroatoms. The van der Waals surface area contributed by atoms with E-state index in [1.165, 1.54) is 19.3 Å². The molecule has 0 aliphatic heterocycles. The minimum Gasteiger partial charge on any atom is -0.394 e. The molecular formula is C12H22O2. The van der Waals surface area contributed by atoms with E-state index in [4.69, 9.17) is 9.84 Å². The summed E-state index contributed by atoms with van der Waals surface area (Å²) in [6.45, 7) is 7.64. The Morgan fingerprint density at radius 1 is 1.36 bits per heavy atom. The Morgan fingerprint density at radius 3 is 2.57 bits per heavy atom. The molecule has 2 saturated carbocycles. The lowest BCUT2D eigenvalue weighted by molar-refractivity contribution is -0.0957. The van der Waals surface area contributed by atoms with E-state index in [2.05, 4.69) is 20.8 Å². The van der Waals surface area contributed by atoms with Crippen molar-refractivity contribution < 1.29 is 9.84 Å². The number of rotatable bonds is 3. The molecule has 2 nitrogen and oxygen atoms in total. The van der Waals surface area contributed by atoms with Gasteiger partial charge in [-0.2, -0.15) is 0 Å². The second-order valence-electron chi connectivity index (χ2n) is 5.89. The lowest BCUT2D eigenvalue weighted by Crippen LogP contribution is -2.42. The monoisotopic (exact) mass is 198 g/mol. The summed E-state index contributed by atoms with van der Waals surface area (Å²) in [6.07, 6.45) is 4.33. The van der Waals surface area contributed by atoms with Crippen LogP contribution >= 0.6 is 0 Å². The van der Waals surface area contributed by atoms with Crippen LogP contribution in [0.25, 0.3) is 0 Å². The topological polar surface area (TPSA) is 29.5 Å². The molecule has 0 saturated heterocycles. The zero-order chi connectivity index (χ0) is 10.4. The van der Waals surface area contributed by atoms with E-state index >= 15 is 0 Å². The first-order valence-electron chi connectivity index (χ1n) is 5.73. The van der Waals surface area contributed by atoms with Gasteiger partial charge in [0.15, 0.2) is 0 Å². The Bertz CT molecular complexity index is 220. The maximum Gasteiger partial charge on any atom is 0.0702 e.